The number of amides is 1. The number of hydrogen-bond donors (Lipinski definition) is 3. The lowest BCUT2D eigenvalue weighted by atomic mass is 9.92. The highest BCUT2D eigenvalue weighted by atomic mass is 35.5. The molecule has 1 fully saturated rings. The Labute approximate surface area is 229 Å². The van der Waals surface area contributed by atoms with Gasteiger partial charge in [0.1, 0.15) is 16.5 Å². The molecule has 3 aromatic carbocycles. The maximum absolute atomic E-state index is 15.0. The third kappa shape index (κ3) is 5.60. The molecule has 5 rings (SSSR count). The SMILES string of the molecule is O=C(NC1CCC(Oc2ccc(S(=O)(=O)Nc3ccc(Cl)c4c(Cl)c[nH]c34)c(F)c2)CC1)c1ccccc1. The van der Waals surface area contributed by atoms with Gasteiger partial charge in [-0.3, -0.25) is 9.52 Å². The molecule has 7 nitrogen and oxygen atoms in total. The summed E-state index contributed by atoms with van der Waals surface area (Å²) in [6.45, 7) is 0. The molecule has 4 aromatic rings. The molecule has 1 aromatic heterocycles. The van der Waals surface area contributed by atoms with Gasteiger partial charge in [0.2, 0.25) is 0 Å². The number of sulfonamides is 1. The summed E-state index contributed by atoms with van der Waals surface area (Å²) in [7, 11) is -4.26. The van der Waals surface area contributed by atoms with E-state index in [1.54, 1.807) is 12.1 Å². The van der Waals surface area contributed by atoms with E-state index in [1.807, 2.05) is 18.2 Å². The van der Waals surface area contributed by atoms with Crippen LogP contribution in [-0.2, 0) is 10.0 Å². The molecule has 1 amide bonds. The number of aromatic amines is 1. The third-order valence-corrected chi connectivity index (χ3v) is 8.53. The van der Waals surface area contributed by atoms with Gasteiger partial charge in [-0.1, -0.05) is 41.4 Å². The predicted octanol–water partition coefficient (Wildman–Crippen LogP) is 6.53. The number of carbonyl (C=O) groups excluding carboxylic acids is 1. The summed E-state index contributed by atoms with van der Waals surface area (Å²) < 4.78 is 49.2. The maximum Gasteiger partial charge on any atom is 0.264 e. The number of benzene rings is 3. The van der Waals surface area contributed by atoms with Gasteiger partial charge in [0.15, 0.2) is 0 Å². The first-order chi connectivity index (χ1) is 18.2. The molecule has 1 saturated carbocycles. The Morgan fingerprint density at radius 2 is 1.71 bits per heavy atom. The molecule has 11 heteroatoms. The van der Waals surface area contributed by atoms with Crippen LogP contribution in [0.25, 0.3) is 10.9 Å². The van der Waals surface area contributed by atoms with Crippen LogP contribution in [0.2, 0.25) is 10.0 Å². The second-order valence-electron chi connectivity index (χ2n) is 9.11. The first-order valence-corrected chi connectivity index (χ1v) is 14.2. The number of fused-ring (bicyclic) bond motifs is 1. The first kappa shape index (κ1) is 26.3. The van der Waals surface area contributed by atoms with E-state index < -0.39 is 20.7 Å². The van der Waals surface area contributed by atoms with Crippen LogP contribution in [0.15, 0.2) is 71.8 Å². The van der Waals surface area contributed by atoms with E-state index in [0.29, 0.717) is 39.4 Å². The Morgan fingerprint density at radius 3 is 2.42 bits per heavy atom. The van der Waals surface area contributed by atoms with Crippen molar-refractivity contribution >= 4 is 55.7 Å². The number of nitrogens with one attached hydrogen (secondary N) is 3. The molecule has 0 atom stereocenters. The standard InChI is InChI=1S/C27H24Cl2FN3O4S/c28-20-11-12-23(26-25(20)21(29)15-31-26)33-38(35,36)24-13-10-19(14-22(24)30)37-18-8-6-17(7-9-18)32-27(34)16-4-2-1-3-5-16/h1-5,10-15,17-18,31,33H,6-9H2,(H,32,34). The molecular weight excluding hydrogens is 552 g/mol. The van der Waals surface area contributed by atoms with E-state index in [2.05, 4.69) is 15.0 Å². The zero-order chi connectivity index (χ0) is 26.9. The average Bonchev–Trinajstić information content (AvgIpc) is 3.30. The highest BCUT2D eigenvalue weighted by Crippen LogP contribution is 2.36. The summed E-state index contributed by atoms with van der Waals surface area (Å²) >= 11 is 12.3. The van der Waals surface area contributed by atoms with Gasteiger partial charge in [-0.15, -0.1) is 0 Å². The molecule has 0 radical (unpaired) electrons. The summed E-state index contributed by atoms with van der Waals surface area (Å²) in [6, 6.07) is 15.7. The predicted molar refractivity (Wildman–Crippen MR) is 146 cm³/mol. The number of aromatic nitrogens is 1. The molecular formula is C27H24Cl2FN3O4S. The van der Waals surface area contributed by atoms with Crippen LogP contribution >= 0.6 is 23.2 Å². The molecule has 198 valence electrons. The molecule has 0 saturated heterocycles. The third-order valence-electron chi connectivity index (χ3n) is 6.52. The van der Waals surface area contributed by atoms with Crippen molar-refractivity contribution in [2.75, 3.05) is 4.72 Å². The maximum atomic E-state index is 15.0. The van der Waals surface area contributed by atoms with Gasteiger partial charge in [0.25, 0.3) is 15.9 Å². The first-order valence-electron chi connectivity index (χ1n) is 12.0. The zero-order valence-corrected chi connectivity index (χ0v) is 22.3. The van der Waals surface area contributed by atoms with E-state index in [9.17, 15) is 17.6 Å². The van der Waals surface area contributed by atoms with Gasteiger partial charge in [0.05, 0.1) is 27.4 Å². The van der Waals surface area contributed by atoms with Crippen molar-refractivity contribution in [2.24, 2.45) is 0 Å². The fourth-order valence-corrected chi connectivity index (χ4v) is 6.29. The lowest BCUT2D eigenvalue weighted by molar-refractivity contribution is 0.0893. The van der Waals surface area contributed by atoms with Crippen LogP contribution in [0.4, 0.5) is 10.1 Å². The number of carbonyl (C=O) groups is 1. The van der Waals surface area contributed by atoms with E-state index in [1.165, 1.54) is 30.5 Å². The highest BCUT2D eigenvalue weighted by Gasteiger charge is 2.26. The molecule has 3 N–H and O–H groups in total. The summed E-state index contributed by atoms with van der Waals surface area (Å²) in [5.41, 5.74) is 1.19. The van der Waals surface area contributed by atoms with Crippen molar-refractivity contribution in [2.45, 2.75) is 42.7 Å². The van der Waals surface area contributed by atoms with Gasteiger partial charge >= 0.3 is 0 Å². The van der Waals surface area contributed by atoms with Gasteiger partial charge in [-0.25, -0.2) is 12.8 Å². The number of ether oxygens (including phenoxy) is 1. The van der Waals surface area contributed by atoms with Crippen molar-refractivity contribution in [1.82, 2.24) is 10.3 Å². The number of hydrogen-bond acceptors (Lipinski definition) is 4. The summed E-state index contributed by atoms with van der Waals surface area (Å²) in [5.74, 6) is -0.807. The van der Waals surface area contributed by atoms with Gasteiger partial charge in [-0.05, 0) is 62.1 Å². The Balaban J connectivity index is 1.21. The van der Waals surface area contributed by atoms with Crippen LogP contribution in [0.5, 0.6) is 5.75 Å². The van der Waals surface area contributed by atoms with E-state index in [4.69, 9.17) is 27.9 Å². The van der Waals surface area contributed by atoms with Crippen molar-refractivity contribution < 1.29 is 22.3 Å². The Kier molecular flexibility index (Phi) is 7.52. The summed E-state index contributed by atoms with van der Waals surface area (Å²) in [6.07, 6.45) is 4.12. The largest absolute Gasteiger partial charge is 0.490 e. The molecule has 1 heterocycles. The fourth-order valence-electron chi connectivity index (χ4n) is 4.60. The quantitative estimate of drug-likeness (QED) is 0.233. The minimum absolute atomic E-state index is 0.0340. The van der Waals surface area contributed by atoms with Crippen LogP contribution in [-0.4, -0.2) is 31.5 Å². The lowest BCUT2D eigenvalue weighted by Crippen LogP contribution is -2.39. The Hall–Kier alpha value is -3.27. The average molecular weight is 576 g/mol. The van der Waals surface area contributed by atoms with E-state index in [-0.39, 0.29) is 29.5 Å². The molecule has 38 heavy (non-hydrogen) atoms. The molecule has 0 aliphatic heterocycles. The van der Waals surface area contributed by atoms with Crippen LogP contribution in [0.3, 0.4) is 0 Å². The normalized spacial score (nSPS) is 17.8. The summed E-state index contributed by atoms with van der Waals surface area (Å²) in [5, 5.41) is 4.20. The molecule has 0 bridgehead atoms. The van der Waals surface area contributed by atoms with Crippen molar-refractivity contribution in [1.29, 1.82) is 0 Å². The van der Waals surface area contributed by atoms with Crippen LogP contribution in [0.1, 0.15) is 36.0 Å². The van der Waals surface area contributed by atoms with Crippen molar-refractivity contribution in [3.8, 4) is 5.75 Å². The summed E-state index contributed by atoms with van der Waals surface area (Å²) in [4.78, 5) is 14.7. The smallest absolute Gasteiger partial charge is 0.264 e. The molecule has 0 unspecified atom stereocenters. The van der Waals surface area contributed by atoms with Gasteiger partial charge < -0.3 is 15.0 Å². The molecule has 1 aliphatic rings. The second-order valence-corrected chi connectivity index (χ2v) is 11.6. The van der Waals surface area contributed by atoms with Crippen molar-refractivity contribution in [3.05, 3.63) is 88.3 Å². The van der Waals surface area contributed by atoms with Crippen LogP contribution in [0, 0.1) is 5.82 Å². The Bertz CT molecular complexity index is 1590. The highest BCUT2D eigenvalue weighted by molar-refractivity contribution is 7.92. The number of rotatable bonds is 7. The number of H-pyrrole nitrogens is 1. The number of halogens is 3. The topological polar surface area (TPSA) is 100 Å². The van der Waals surface area contributed by atoms with E-state index in [0.717, 1.165) is 18.9 Å². The van der Waals surface area contributed by atoms with E-state index >= 15 is 0 Å². The lowest BCUT2D eigenvalue weighted by Gasteiger charge is -2.29. The Morgan fingerprint density at radius 1 is 0.974 bits per heavy atom. The van der Waals surface area contributed by atoms with Crippen molar-refractivity contribution in [3.63, 3.8) is 0 Å². The molecule has 1 aliphatic carbocycles. The van der Waals surface area contributed by atoms with Gasteiger partial charge in [0, 0.05) is 29.3 Å². The van der Waals surface area contributed by atoms with Crippen LogP contribution < -0.4 is 14.8 Å². The monoisotopic (exact) mass is 575 g/mol. The van der Waals surface area contributed by atoms with Gasteiger partial charge in [-0.2, -0.15) is 0 Å². The zero-order valence-electron chi connectivity index (χ0n) is 20.0. The fraction of sp³-hybridized carbons (Fsp3) is 0.222. The second kappa shape index (κ2) is 10.8. The number of anilines is 1. The minimum atomic E-state index is -4.26. The minimum Gasteiger partial charge on any atom is -0.490 e. The molecule has 0 spiro atoms.